The fourth-order valence-electron chi connectivity index (χ4n) is 3.59. The molecule has 0 heterocycles. The van der Waals surface area contributed by atoms with Crippen molar-refractivity contribution >= 4 is 30.6 Å². The van der Waals surface area contributed by atoms with Gasteiger partial charge >= 0.3 is 0 Å². The topological polar surface area (TPSA) is 152 Å². The fourth-order valence-corrected chi connectivity index (χ4v) is 6.86. The Balaban J connectivity index is 1.82. The first-order valence-electron chi connectivity index (χ1n) is 10.2. The Morgan fingerprint density at radius 1 is 0.629 bits per heavy atom. The fraction of sp³-hybridized carbons (Fsp3) is 0.0833. The van der Waals surface area contributed by atoms with Crippen LogP contribution >= 0.6 is 0 Å². The minimum Gasteiger partial charge on any atom is -0.504 e. The summed E-state index contributed by atoms with van der Waals surface area (Å²) >= 11 is 0. The third-order valence-corrected chi connectivity index (χ3v) is 9.01. The van der Waals surface area contributed by atoms with Crippen LogP contribution in [0.25, 0.3) is 10.8 Å². The van der Waals surface area contributed by atoms with Crippen LogP contribution in [0.5, 0.6) is 23.0 Å². The van der Waals surface area contributed by atoms with E-state index in [1.54, 1.807) is 24.3 Å². The molecule has 4 rings (SSSR count). The summed E-state index contributed by atoms with van der Waals surface area (Å²) in [6.45, 7) is -0.325. The number of rotatable bonds is 7. The average Bonchev–Trinajstić information content (AvgIpc) is 2.82. The molecule has 35 heavy (non-hydrogen) atoms. The molecular formula is C24H21NO8S2. The molecule has 4 aromatic carbocycles. The zero-order chi connectivity index (χ0) is 25.4. The Hall–Kier alpha value is -3.80. The highest BCUT2D eigenvalue weighted by Gasteiger charge is 2.31. The number of sulfone groups is 1. The maximum atomic E-state index is 13.5. The predicted octanol–water partition coefficient (Wildman–Crippen LogP) is 3.28. The predicted molar refractivity (Wildman–Crippen MR) is 128 cm³/mol. The molecule has 0 aliphatic carbocycles. The monoisotopic (exact) mass is 515 g/mol. The Kier molecular flexibility index (Phi) is 6.32. The third kappa shape index (κ3) is 4.87. The number of phenols is 4. The molecule has 0 saturated carbocycles. The number of hydrogen-bond acceptors (Lipinski definition) is 8. The van der Waals surface area contributed by atoms with Gasteiger partial charge in [-0.25, -0.2) is 16.8 Å². The van der Waals surface area contributed by atoms with Crippen LogP contribution in [0.1, 0.15) is 5.56 Å². The van der Waals surface area contributed by atoms with Crippen molar-refractivity contribution < 1.29 is 37.3 Å². The van der Waals surface area contributed by atoms with Crippen LogP contribution in [0.4, 0.5) is 0 Å². The minimum absolute atomic E-state index is 0.325. The van der Waals surface area contributed by atoms with E-state index in [1.165, 1.54) is 0 Å². The van der Waals surface area contributed by atoms with E-state index in [0.29, 0.717) is 5.56 Å². The number of aromatic hydroxyl groups is 4. The van der Waals surface area contributed by atoms with Gasteiger partial charge in [-0.15, -0.1) is 0 Å². The zero-order valence-electron chi connectivity index (χ0n) is 18.1. The van der Waals surface area contributed by atoms with Gasteiger partial charge in [0.05, 0.1) is 9.79 Å². The Morgan fingerprint density at radius 3 is 1.86 bits per heavy atom. The summed E-state index contributed by atoms with van der Waals surface area (Å²) in [4.78, 5) is -0.809. The van der Waals surface area contributed by atoms with E-state index >= 15 is 0 Å². The van der Waals surface area contributed by atoms with Crippen molar-refractivity contribution in [3.63, 3.8) is 0 Å². The van der Waals surface area contributed by atoms with Gasteiger partial charge < -0.3 is 20.4 Å². The molecule has 0 amide bonds. The van der Waals surface area contributed by atoms with E-state index in [9.17, 15) is 37.3 Å². The highest BCUT2D eigenvalue weighted by Crippen LogP contribution is 2.32. The third-order valence-electron chi connectivity index (χ3n) is 5.43. The molecule has 4 aromatic rings. The number of sulfonamides is 1. The molecule has 0 aliphatic heterocycles. The van der Waals surface area contributed by atoms with Crippen LogP contribution < -0.4 is 0 Å². The molecule has 0 bridgehead atoms. The average molecular weight is 516 g/mol. The molecule has 0 atom stereocenters. The van der Waals surface area contributed by atoms with Gasteiger partial charge in [-0.2, -0.15) is 4.31 Å². The summed E-state index contributed by atoms with van der Waals surface area (Å²) < 4.78 is 54.2. The van der Waals surface area contributed by atoms with Crippen LogP contribution in [-0.4, -0.2) is 47.4 Å². The second-order valence-electron chi connectivity index (χ2n) is 7.80. The number of phenolic OH excluding ortho intramolecular Hbond substituents is 4. The second-order valence-corrected chi connectivity index (χ2v) is 11.7. The van der Waals surface area contributed by atoms with Crippen LogP contribution in [0.15, 0.2) is 88.7 Å². The molecule has 0 fully saturated rings. The van der Waals surface area contributed by atoms with Gasteiger partial charge in [-0.05, 0) is 40.6 Å². The van der Waals surface area contributed by atoms with E-state index in [2.05, 4.69) is 0 Å². The molecule has 11 heteroatoms. The smallest absolute Gasteiger partial charge is 0.244 e. The van der Waals surface area contributed by atoms with Crippen molar-refractivity contribution in [1.29, 1.82) is 0 Å². The quantitative estimate of drug-likeness (QED) is 0.274. The Bertz CT molecular complexity index is 1630. The SMILES string of the molecule is O=S(=O)(CN(Cc1cccc2ccccc12)S(=O)(=O)c1ccc(O)c(O)c1)c1ccc(O)c(O)c1. The lowest BCUT2D eigenvalue weighted by Gasteiger charge is -2.23. The first-order valence-corrected chi connectivity index (χ1v) is 13.3. The van der Waals surface area contributed by atoms with Gasteiger partial charge in [0, 0.05) is 18.7 Å². The summed E-state index contributed by atoms with van der Waals surface area (Å²) in [6.07, 6.45) is 0. The molecule has 182 valence electrons. The van der Waals surface area contributed by atoms with Crippen molar-refractivity contribution in [1.82, 2.24) is 4.31 Å². The molecule has 0 spiro atoms. The standard InChI is InChI=1S/C24H21NO8S2/c26-21-10-8-18(12-23(21)28)34(30,31)15-25(35(32,33)19-9-11-22(27)24(29)13-19)14-17-6-3-5-16-4-1-2-7-20(16)17/h1-13,26-29H,14-15H2. The summed E-state index contributed by atoms with van der Waals surface area (Å²) in [5, 5.41) is 40.2. The highest BCUT2D eigenvalue weighted by atomic mass is 32.2. The van der Waals surface area contributed by atoms with E-state index in [0.717, 1.165) is 51.5 Å². The van der Waals surface area contributed by atoms with Crippen LogP contribution in [0.2, 0.25) is 0 Å². The van der Waals surface area contributed by atoms with E-state index in [-0.39, 0.29) is 11.4 Å². The van der Waals surface area contributed by atoms with E-state index < -0.39 is 53.6 Å². The van der Waals surface area contributed by atoms with Crippen LogP contribution in [0.3, 0.4) is 0 Å². The maximum Gasteiger partial charge on any atom is 0.244 e. The van der Waals surface area contributed by atoms with Gasteiger partial charge in [0.2, 0.25) is 10.0 Å². The number of fused-ring (bicyclic) bond motifs is 1. The summed E-state index contributed by atoms with van der Waals surface area (Å²) in [5.74, 6) is -3.40. The van der Waals surface area contributed by atoms with Crippen molar-refractivity contribution in [3.05, 3.63) is 84.4 Å². The van der Waals surface area contributed by atoms with Crippen molar-refractivity contribution in [2.45, 2.75) is 16.3 Å². The number of benzene rings is 4. The molecule has 0 unspecified atom stereocenters. The van der Waals surface area contributed by atoms with E-state index in [4.69, 9.17) is 0 Å². The summed E-state index contributed by atoms with van der Waals surface area (Å²) in [7, 11) is -8.81. The van der Waals surface area contributed by atoms with Gasteiger partial charge in [0.15, 0.2) is 32.8 Å². The molecule has 0 radical (unpaired) electrons. The van der Waals surface area contributed by atoms with Crippen molar-refractivity contribution in [2.24, 2.45) is 0 Å². The Labute approximate surface area is 201 Å². The number of hydrogen-bond donors (Lipinski definition) is 4. The van der Waals surface area contributed by atoms with Gasteiger partial charge in [0.25, 0.3) is 0 Å². The molecular weight excluding hydrogens is 494 g/mol. The van der Waals surface area contributed by atoms with Gasteiger partial charge in [-0.3, -0.25) is 0 Å². The molecule has 0 aliphatic rings. The zero-order valence-corrected chi connectivity index (χ0v) is 19.7. The van der Waals surface area contributed by atoms with Crippen molar-refractivity contribution in [3.8, 4) is 23.0 Å². The maximum absolute atomic E-state index is 13.5. The molecule has 0 aromatic heterocycles. The minimum atomic E-state index is -4.50. The molecule has 9 nitrogen and oxygen atoms in total. The van der Waals surface area contributed by atoms with Crippen LogP contribution in [0, 0.1) is 0 Å². The lowest BCUT2D eigenvalue weighted by molar-refractivity contribution is 0.401. The lowest BCUT2D eigenvalue weighted by atomic mass is 10.0. The normalized spacial score (nSPS) is 12.3. The first-order chi connectivity index (χ1) is 16.5. The molecule has 0 saturated heterocycles. The summed E-state index contributed by atoms with van der Waals surface area (Å²) in [5.41, 5.74) is 0.540. The first kappa shape index (κ1) is 24.3. The van der Waals surface area contributed by atoms with Gasteiger partial charge in [0.1, 0.15) is 5.88 Å². The summed E-state index contributed by atoms with van der Waals surface area (Å²) in [6, 6.07) is 18.2. The largest absolute Gasteiger partial charge is 0.504 e. The highest BCUT2D eigenvalue weighted by molar-refractivity contribution is 7.93. The van der Waals surface area contributed by atoms with Gasteiger partial charge in [-0.1, -0.05) is 42.5 Å². The second kappa shape index (κ2) is 9.10. The Morgan fingerprint density at radius 2 is 1.20 bits per heavy atom. The number of nitrogens with zero attached hydrogens (tertiary/aromatic N) is 1. The van der Waals surface area contributed by atoms with Crippen LogP contribution in [-0.2, 0) is 26.4 Å². The lowest BCUT2D eigenvalue weighted by Crippen LogP contribution is -2.35. The molecule has 4 N–H and O–H groups in total. The van der Waals surface area contributed by atoms with Crippen molar-refractivity contribution in [2.75, 3.05) is 5.88 Å². The van der Waals surface area contributed by atoms with E-state index in [1.807, 2.05) is 18.2 Å².